The van der Waals surface area contributed by atoms with Gasteiger partial charge >= 0.3 is 0 Å². The number of nitrogens with zero attached hydrogens (tertiary/aromatic N) is 1. The molecule has 1 aromatic rings. The molecule has 1 aromatic heterocycles. The smallest absolute Gasteiger partial charge is 0.234 e. The third kappa shape index (κ3) is 4.68. The molecule has 2 rings (SSSR count). The molecule has 0 bridgehead atoms. The Balaban J connectivity index is 1.71. The van der Waals surface area contributed by atoms with Gasteiger partial charge in [-0.3, -0.25) is 9.69 Å². The average Bonchev–Trinajstić information content (AvgIpc) is 2.60. The van der Waals surface area contributed by atoms with Crippen LogP contribution in [0.2, 0.25) is 0 Å². The molecule has 0 atom stereocenters. The van der Waals surface area contributed by atoms with E-state index in [-0.39, 0.29) is 5.91 Å². The van der Waals surface area contributed by atoms with Crippen molar-refractivity contribution in [3.05, 3.63) is 20.8 Å². The number of carbonyl (C=O) groups excluding carboxylic acids is 1. The van der Waals surface area contributed by atoms with Gasteiger partial charge in [0.15, 0.2) is 0 Å². The van der Waals surface area contributed by atoms with Crippen molar-refractivity contribution in [2.75, 3.05) is 32.7 Å². The molecular formula is C12H18BrN3OS. The highest BCUT2D eigenvalue weighted by Gasteiger charge is 2.12. The zero-order valence-electron chi connectivity index (χ0n) is 10.2. The first kappa shape index (κ1) is 14.0. The van der Waals surface area contributed by atoms with Gasteiger partial charge in [0.2, 0.25) is 5.91 Å². The second-order valence-corrected chi connectivity index (χ2v) is 6.91. The predicted molar refractivity (Wildman–Crippen MR) is 77.8 cm³/mol. The molecule has 4 nitrogen and oxygen atoms in total. The number of halogens is 1. The minimum atomic E-state index is 0.112. The summed E-state index contributed by atoms with van der Waals surface area (Å²) in [5.74, 6) is 0.112. The van der Waals surface area contributed by atoms with Crippen LogP contribution in [0, 0.1) is 0 Å². The Hall–Kier alpha value is -0.430. The van der Waals surface area contributed by atoms with Gasteiger partial charge in [0.05, 0.1) is 16.9 Å². The monoisotopic (exact) mass is 331 g/mol. The zero-order chi connectivity index (χ0) is 12.8. The molecule has 0 saturated carbocycles. The van der Waals surface area contributed by atoms with Gasteiger partial charge in [-0.15, -0.1) is 11.3 Å². The minimum Gasteiger partial charge on any atom is -0.350 e. The molecule has 1 fully saturated rings. The van der Waals surface area contributed by atoms with E-state index in [1.54, 1.807) is 11.3 Å². The highest BCUT2D eigenvalue weighted by atomic mass is 79.9. The Morgan fingerprint density at radius 2 is 2.33 bits per heavy atom. The largest absolute Gasteiger partial charge is 0.350 e. The van der Waals surface area contributed by atoms with Crippen LogP contribution in [0.5, 0.6) is 0 Å². The molecule has 18 heavy (non-hydrogen) atoms. The van der Waals surface area contributed by atoms with Gasteiger partial charge < -0.3 is 10.6 Å². The summed E-state index contributed by atoms with van der Waals surface area (Å²) in [7, 11) is 0. The van der Waals surface area contributed by atoms with Crippen molar-refractivity contribution in [2.24, 2.45) is 0 Å². The van der Waals surface area contributed by atoms with Crippen LogP contribution in [0.15, 0.2) is 15.9 Å². The second kappa shape index (κ2) is 7.23. The molecule has 1 saturated heterocycles. The lowest BCUT2D eigenvalue weighted by Gasteiger charge is -2.18. The second-order valence-electron chi connectivity index (χ2n) is 4.36. The van der Waals surface area contributed by atoms with E-state index in [4.69, 9.17) is 0 Å². The molecule has 0 unspecified atom stereocenters. The molecule has 1 aliphatic rings. The quantitative estimate of drug-likeness (QED) is 0.877. The van der Waals surface area contributed by atoms with E-state index >= 15 is 0 Å². The Kier molecular flexibility index (Phi) is 5.62. The molecule has 1 amide bonds. The SMILES string of the molecule is O=C(CN1CCCNCC1)NCc1ccc(Br)s1. The first-order valence-electron chi connectivity index (χ1n) is 6.18. The number of amides is 1. The molecule has 100 valence electrons. The molecule has 6 heteroatoms. The summed E-state index contributed by atoms with van der Waals surface area (Å²) >= 11 is 5.08. The molecule has 0 spiro atoms. The lowest BCUT2D eigenvalue weighted by molar-refractivity contribution is -0.122. The maximum Gasteiger partial charge on any atom is 0.234 e. The summed E-state index contributed by atoms with van der Waals surface area (Å²) in [6.45, 7) is 5.13. The highest BCUT2D eigenvalue weighted by Crippen LogP contribution is 2.21. The molecule has 0 radical (unpaired) electrons. The topological polar surface area (TPSA) is 44.4 Å². The van der Waals surface area contributed by atoms with Crippen molar-refractivity contribution >= 4 is 33.2 Å². The lowest BCUT2D eigenvalue weighted by atomic mass is 10.3. The number of nitrogens with one attached hydrogen (secondary N) is 2. The van der Waals surface area contributed by atoms with Crippen molar-refractivity contribution in [3.63, 3.8) is 0 Å². The van der Waals surface area contributed by atoms with Crippen molar-refractivity contribution in [2.45, 2.75) is 13.0 Å². The van der Waals surface area contributed by atoms with Gasteiger partial charge in [-0.05, 0) is 47.6 Å². The summed E-state index contributed by atoms with van der Waals surface area (Å²) < 4.78 is 1.10. The third-order valence-electron chi connectivity index (χ3n) is 2.89. The van der Waals surface area contributed by atoms with E-state index in [0.717, 1.165) is 36.4 Å². The highest BCUT2D eigenvalue weighted by molar-refractivity contribution is 9.11. The predicted octanol–water partition coefficient (Wildman–Crippen LogP) is 1.42. The summed E-state index contributed by atoms with van der Waals surface area (Å²) in [6, 6.07) is 4.04. The fourth-order valence-corrected chi connectivity index (χ4v) is 3.37. The molecular weight excluding hydrogens is 314 g/mol. The number of carbonyl (C=O) groups is 1. The fraction of sp³-hybridized carbons (Fsp3) is 0.583. The molecule has 1 aliphatic heterocycles. The summed E-state index contributed by atoms with van der Waals surface area (Å²) in [6.07, 6.45) is 1.12. The first-order valence-corrected chi connectivity index (χ1v) is 7.79. The minimum absolute atomic E-state index is 0.112. The van der Waals surface area contributed by atoms with Crippen molar-refractivity contribution < 1.29 is 4.79 Å². The van der Waals surface area contributed by atoms with E-state index in [0.29, 0.717) is 13.1 Å². The van der Waals surface area contributed by atoms with Gasteiger partial charge in [-0.25, -0.2) is 0 Å². The van der Waals surface area contributed by atoms with Crippen LogP contribution in [0.4, 0.5) is 0 Å². The lowest BCUT2D eigenvalue weighted by Crippen LogP contribution is -2.38. The summed E-state index contributed by atoms with van der Waals surface area (Å²) in [5.41, 5.74) is 0. The van der Waals surface area contributed by atoms with E-state index in [2.05, 4.69) is 31.5 Å². The van der Waals surface area contributed by atoms with E-state index in [9.17, 15) is 4.79 Å². The van der Waals surface area contributed by atoms with Gasteiger partial charge in [-0.1, -0.05) is 0 Å². The Bertz CT molecular complexity index is 388. The molecule has 0 aromatic carbocycles. The van der Waals surface area contributed by atoms with Crippen LogP contribution in [-0.4, -0.2) is 43.5 Å². The number of hydrogen-bond donors (Lipinski definition) is 2. The standard InChI is InChI=1S/C12H18BrN3OS/c13-11-3-2-10(18-11)8-15-12(17)9-16-6-1-4-14-5-7-16/h2-3,14H,1,4-9H2,(H,15,17). The van der Waals surface area contributed by atoms with Gasteiger partial charge in [0.1, 0.15) is 0 Å². The van der Waals surface area contributed by atoms with Crippen molar-refractivity contribution in [1.82, 2.24) is 15.5 Å². The van der Waals surface area contributed by atoms with E-state index < -0.39 is 0 Å². The maximum absolute atomic E-state index is 11.8. The summed E-state index contributed by atoms with van der Waals surface area (Å²) in [5, 5.41) is 6.30. The maximum atomic E-state index is 11.8. The van der Waals surface area contributed by atoms with E-state index in [1.807, 2.05) is 12.1 Å². The molecule has 0 aliphatic carbocycles. The number of thiophene rings is 1. The molecule has 2 N–H and O–H groups in total. The Morgan fingerprint density at radius 3 is 3.11 bits per heavy atom. The van der Waals surface area contributed by atoms with Crippen LogP contribution in [0.3, 0.4) is 0 Å². The number of hydrogen-bond acceptors (Lipinski definition) is 4. The van der Waals surface area contributed by atoms with Crippen LogP contribution in [0.1, 0.15) is 11.3 Å². The van der Waals surface area contributed by atoms with Gasteiger partial charge in [-0.2, -0.15) is 0 Å². The zero-order valence-corrected chi connectivity index (χ0v) is 12.6. The summed E-state index contributed by atoms with van der Waals surface area (Å²) in [4.78, 5) is 15.2. The first-order chi connectivity index (χ1) is 8.74. The fourth-order valence-electron chi connectivity index (χ4n) is 1.95. The van der Waals surface area contributed by atoms with Crippen molar-refractivity contribution in [1.29, 1.82) is 0 Å². The van der Waals surface area contributed by atoms with Crippen LogP contribution in [0.25, 0.3) is 0 Å². The van der Waals surface area contributed by atoms with Crippen LogP contribution in [-0.2, 0) is 11.3 Å². The third-order valence-corrected chi connectivity index (χ3v) is 4.51. The average molecular weight is 332 g/mol. The van der Waals surface area contributed by atoms with Gasteiger partial charge in [0, 0.05) is 18.0 Å². The van der Waals surface area contributed by atoms with Crippen molar-refractivity contribution in [3.8, 4) is 0 Å². The normalized spacial score (nSPS) is 17.4. The molecule has 2 heterocycles. The van der Waals surface area contributed by atoms with E-state index in [1.165, 1.54) is 4.88 Å². The Morgan fingerprint density at radius 1 is 1.44 bits per heavy atom. The Labute approximate surface area is 120 Å². The van der Waals surface area contributed by atoms with Gasteiger partial charge in [0.25, 0.3) is 0 Å². The van der Waals surface area contributed by atoms with Crippen LogP contribution < -0.4 is 10.6 Å². The van der Waals surface area contributed by atoms with Crippen LogP contribution >= 0.6 is 27.3 Å². The number of rotatable bonds is 4.